The third-order valence-corrected chi connectivity index (χ3v) is 5.94. The molecule has 8 nitrogen and oxygen atoms in total. The molecule has 0 radical (unpaired) electrons. The van der Waals surface area contributed by atoms with Crippen molar-refractivity contribution in [1.29, 1.82) is 0 Å². The van der Waals surface area contributed by atoms with Crippen molar-refractivity contribution < 1.29 is 14.4 Å². The van der Waals surface area contributed by atoms with E-state index in [2.05, 4.69) is 20.9 Å². The molecule has 1 aromatic rings. The number of hydrogen-bond acceptors (Lipinski definition) is 5. The molecule has 0 aliphatic carbocycles. The summed E-state index contributed by atoms with van der Waals surface area (Å²) in [6, 6.07) is 5.15. The lowest BCUT2D eigenvalue weighted by Crippen LogP contribution is -2.58. The average Bonchev–Trinajstić information content (AvgIpc) is 2.83. The van der Waals surface area contributed by atoms with E-state index in [0.717, 1.165) is 24.2 Å². The lowest BCUT2D eigenvalue weighted by atomic mass is 9.94. The van der Waals surface area contributed by atoms with Crippen molar-refractivity contribution in [3.8, 4) is 0 Å². The molecule has 2 aliphatic rings. The van der Waals surface area contributed by atoms with Gasteiger partial charge in [-0.2, -0.15) is 0 Å². The number of likely N-dealkylation sites (tertiary alicyclic amines) is 1. The average molecular weight is 416 g/mol. The smallest absolute Gasteiger partial charge is 0.255 e. The van der Waals surface area contributed by atoms with Crippen LogP contribution in [0, 0.1) is 6.92 Å². The summed E-state index contributed by atoms with van der Waals surface area (Å²) in [6.45, 7) is 5.63. The quantitative estimate of drug-likeness (QED) is 0.609. The normalized spacial score (nSPS) is 22.2. The molecular formula is C22H33N5O3. The number of anilines is 1. The zero-order valence-electron chi connectivity index (χ0n) is 18.4. The molecule has 1 saturated heterocycles. The SMILES string of the molecule is Cc1ccc2c(c1)N[C@@]1(CCC(=O)N([C@@H](C)C(=O)NCCCN(C)C)CC1)NC2=O. The molecule has 1 aromatic carbocycles. The predicted molar refractivity (Wildman–Crippen MR) is 116 cm³/mol. The number of carbonyl (C=O) groups is 3. The van der Waals surface area contributed by atoms with Crippen LogP contribution < -0.4 is 16.0 Å². The van der Waals surface area contributed by atoms with Gasteiger partial charge in [0.2, 0.25) is 11.8 Å². The number of nitrogens with zero attached hydrogens (tertiary/aromatic N) is 2. The summed E-state index contributed by atoms with van der Waals surface area (Å²) >= 11 is 0. The van der Waals surface area contributed by atoms with Crippen molar-refractivity contribution in [3.63, 3.8) is 0 Å². The van der Waals surface area contributed by atoms with Gasteiger partial charge in [-0.1, -0.05) is 6.07 Å². The maximum absolute atomic E-state index is 12.8. The largest absolute Gasteiger partial charge is 0.362 e. The van der Waals surface area contributed by atoms with Crippen molar-refractivity contribution in [2.45, 2.75) is 51.2 Å². The second-order valence-corrected chi connectivity index (χ2v) is 8.67. The van der Waals surface area contributed by atoms with Crippen molar-refractivity contribution in [2.24, 2.45) is 0 Å². The highest BCUT2D eigenvalue weighted by Crippen LogP contribution is 2.32. The second-order valence-electron chi connectivity index (χ2n) is 8.67. The Morgan fingerprint density at radius 3 is 2.77 bits per heavy atom. The summed E-state index contributed by atoms with van der Waals surface area (Å²) in [5, 5.41) is 9.47. The molecule has 2 heterocycles. The van der Waals surface area contributed by atoms with Crippen LogP contribution in [-0.4, -0.2) is 73.0 Å². The fourth-order valence-corrected chi connectivity index (χ4v) is 4.11. The van der Waals surface area contributed by atoms with Gasteiger partial charge in [-0.25, -0.2) is 0 Å². The molecular weight excluding hydrogens is 382 g/mol. The number of benzene rings is 1. The predicted octanol–water partition coefficient (Wildman–Crippen LogP) is 1.32. The summed E-state index contributed by atoms with van der Waals surface area (Å²) in [7, 11) is 3.99. The lowest BCUT2D eigenvalue weighted by Gasteiger charge is -2.40. The van der Waals surface area contributed by atoms with Crippen molar-refractivity contribution in [1.82, 2.24) is 20.4 Å². The number of rotatable bonds is 6. The minimum Gasteiger partial charge on any atom is -0.362 e. The van der Waals surface area contributed by atoms with Gasteiger partial charge in [0.1, 0.15) is 11.7 Å². The summed E-state index contributed by atoms with van der Waals surface area (Å²) < 4.78 is 0. The molecule has 8 heteroatoms. The standard InChI is InChI=1S/C22H33N5O3/c1-15-6-7-17-18(14-15)24-22(25-21(17)30)9-8-19(28)27(13-10-22)16(2)20(29)23-11-5-12-26(3)4/h6-7,14,16,24H,5,8-13H2,1-4H3,(H,23,29)(H,25,30)/t16-,22-/m0/s1. The molecule has 0 unspecified atom stereocenters. The Kier molecular flexibility index (Phi) is 6.65. The molecule has 3 rings (SSSR count). The molecule has 3 N–H and O–H groups in total. The second kappa shape index (κ2) is 9.04. The highest BCUT2D eigenvalue weighted by molar-refractivity contribution is 6.02. The molecule has 0 aromatic heterocycles. The Bertz CT molecular complexity index is 825. The first-order chi connectivity index (χ1) is 14.2. The van der Waals surface area contributed by atoms with E-state index in [1.165, 1.54) is 0 Å². The fourth-order valence-electron chi connectivity index (χ4n) is 4.11. The van der Waals surface area contributed by atoms with Gasteiger partial charge in [0.05, 0.1) is 5.56 Å². The Labute approximate surface area is 178 Å². The first-order valence-corrected chi connectivity index (χ1v) is 10.6. The highest BCUT2D eigenvalue weighted by atomic mass is 16.2. The van der Waals surface area contributed by atoms with E-state index >= 15 is 0 Å². The van der Waals surface area contributed by atoms with Crippen molar-refractivity contribution in [3.05, 3.63) is 29.3 Å². The van der Waals surface area contributed by atoms with Crippen LogP contribution in [0.3, 0.4) is 0 Å². The number of fused-ring (bicyclic) bond motifs is 1. The van der Waals surface area contributed by atoms with Gasteiger partial charge in [0.15, 0.2) is 0 Å². The number of nitrogens with one attached hydrogen (secondary N) is 3. The van der Waals surface area contributed by atoms with E-state index in [4.69, 9.17) is 0 Å². The number of amides is 3. The Hall–Kier alpha value is -2.61. The van der Waals surface area contributed by atoms with E-state index in [1.54, 1.807) is 11.8 Å². The zero-order valence-corrected chi connectivity index (χ0v) is 18.4. The van der Waals surface area contributed by atoms with Crippen LogP contribution in [0.1, 0.15) is 48.5 Å². The van der Waals surface area contributed by atoms with Crippen LogP contribution in [0.5, 0.6) is 0 Å². The summed E-state index contributed by atoms with van der Waals surface area (Å²) in [6.07, 6.45) is 2.15. The lowest BCUT2D eigenvalue weighted by molar-refractivity contribution is -0.139. The maximum Gasteiger partial charge on any atom is 0.255 e. The van der Waals surface area contributed by atoms with Gasteiger partial charge in [-0.15, -0.1) is 0 Å². The summed E-state index contributed by atoms with van der Waals surface area (Å²) in [4.78, 5) is 41.7. The number of carbonyl (C=O) groups excluding carboxylic acids is 3. The zero-order chi connectivity index (χ0) is 21.9. The Morgan fingerprint density at radius 1 is 1.27 bits per heavy atom. The number of hydrogen-bond donors (Lipinski definition) is 3. The molecule has 3 amide bonds. The van der Waals surface area contributed by atoms with Crippen molar-refractivity contribution >= 4 is 23.4 Å². The molecule has 30 heavy (non-hydrogen) atoms. The van der Waals surface area contributed by atoms with E-state index in [1.807, 2.05) is 39.2 Å². The fraction of sp³-hybridized carbons (Fsp3) is 0.591. The first-order valence-electron chi connectivity index (χ1n) is 10.6. The van der Waals surface area contributed by atoms with Gasteiger partial charge in [0, 0.05) is 31.6 Å². The van der Waals surface area contributed by atoms with Crippen LogP contribution in [0.4, 0.5) is 5.69 Å². The van der Waals surface area contributed by atoms with Crippen LogP contribution in [0.25, 0.3) is 0 Å². The Balaban J connectivity index is 1.65. The molecule has 2 aliphatic heterocycles. The Morgan fingerprint density at radius 2 is 2.03 bits per heavy atom. The van der Waals surface area contributed by atoms with Crippen LogP contribution in [0.2, 0.25) is 0 Å². The maximum atomic E-state index is 12.8. The minimum atomic E-state index is -0.676. The molecule has 0 saturated carbocycles. The molecule has 0 bridgehead atoms. The number of aryl methyl sites for hydroxylation is 1. The van der Waals surface area contributed by atoms with Crippen LogP contribution in [0.15, 0.2) is 18.2 Å². The summed E-state index contributed by atoms with van der Waals surface area (Å²) in [5.41, 5.74) is 1.80. The van der Waals surface area contributed by atoms with E-state index < -0.39 is 11.7 Å². The van der Waals surface area contributed by atoms with E-state index in [-0.39, 0.29) is 24.1 Å². The van der Waals surface area contributed by atoms with Crippen molar-refractivity contribution in [2.75, 3.05) is 39.0 Å². The van der Waals surface area contributed by atoms with Gasteiger partial charge in [-0.3, -0.25) is 14.4 Å². The molecule has 2 atom stereocenters. The van der Waals surface area contributed by atoms with Crippen LogP contribution >= 0.6 is 0 Å². The van der Waals surface area contributed by atoms with Crippen LogP contribution in [-0.2, 0) is 9.59 Å². The van der Waals surface area contributed by atoms with E-state index in [9.17, 15) is 14.4 Å². The third kappa shape index (κ3) is 4.92. The minimum absolute atomic E-state index is 0.0612. The van der Waals surface area contributed by atoms with Gasteiger partial charge in [0.25, 0.3) is 5.91 Å². The molecule has 1 spiro atoms. The topological polar surface area (TPSA) is 93.8 Å². The monoisotopic (exact) mass is 415 g/mol. The summed E-state index contributed by atoms with van der Waals surface area (Å²) in [5.74, 6) is -0.329. The molecule has 1 fully saturated rings. The third-order valence-electron chi connectivity index (χ3n) is 5.94. The van der Waals surface area contributed by atoms with Gasteiger partial charge >= 0.3 is 0 Å². The first kappa shape index (κ1) is 22.1. The molecule has 164 valence electrons. The highest BCUT2D eigenvalue weighted by Gasteiger charge is 2.41. The van der Waals surface area contributed by atoms with Gasteiger partial charge in [-0.05, 0) is 65.0 Å². The van der Waals surface area contributed by atoms with Gasteiger partial charge < -0.3 is 25.8 Å². The van der Waals surface area contributed by atoms with E-state index in [0.29, 0.717) is 31.5 Å².